The number of aromatic nitrogens is 2. The molecule has 0 saturated carbocycles. The summed E-state index contributed by atoms with van der Waals surface area (Å²) in [6.07, 6.45) is 3.94. The molecule has 3 heterocycles. The maximum Gasteiger partial charge on any atom is 0.324 e. The van der Waals surface area contributed by atoms with Gasteiger partial charge in [-0.3, -0.25) is 9.69 Å². The van der Waals surface area contributed by atoms with E-state index in [1.54, 1.807) is 6.20 Å². The molecule has 124 valence electrons. The van der Waals surface area contributed by atoms with E-state index in [4.69, 9.17) is 0 Å². The topological polar surface area (TPSA) is 81.7 Å². The van der Waals surface area contributed by atoms with Crippen molar-refractivity contribution in [3.63, 3.8) is 0 Å². The molecule has 0 bridgehead atoms. The zero-order chi connectivity index (χ0) is 16.2. The minimum absolute atomic E-state index is 0.117. The van der Waals surface area contributed by atoms with Gasteiger partial charge in [-0.2, -0.15) is 5.10 Å². The molecule has 2 aliphatic heterocycles. The first-order valence-corrected chi connectivity index (χ1v) is 7.96. The summed E-state index contributed by atoms with van der Waals surface area (Å²) < 4.78 is 0. The van der Waals surface area contributed by atoms with Crippen molar-refractivity contribution in [2.75, 3.05) is 44.7 Å². The van der Waals surface area contributed by atoms with Crippen molar-refractivity contribution in [1.29, 1.82) is 0 Å². The predicted octanol–water partition coefficient (Wildman–Crippen LogP) is -0.0710. The van der Waals surface area contributed by atoms with Crippen LogP contribution in [0.5, 0.6) is 0 Å². The highest BCUT2D eigenvalue weighted by Crippen LogP contribution is 2.23. The van der Waals surface area contributed by atoms with Crippen LogP contribution >= 0.6 is 0 Å². The van der Waals surface area contributed by atoms with Crippen molar-refractivity contribution in [3.05, 3.63) is 18.3 Å². The van der Waals surface area contributed by atoms with Gasteiger partial charge in [0.25, 0.3) is 0 Å². The van der Waals surface area contributed by atoms with Gasteiger partial charge in [0.2, 0.25) is 5.91 Å². The molecular weight excluding hydrogens is 296 g/mol. The van der Waals surface area contributed by atoms with Gasteiger partial charge < -0.3 is 15.1 Å². The summed E-state index contributed by atoms with van der Waals surface area (Å²) in [5, 5.41) is 10.7. The number of urea groups is 1. The number of nitrogens with one attached hydrogen (secondary N) is 1. The molecule has 3 rings (SSSR count). The Morgan fingerprint density at radius 2 is 2.30 bits per heavy atom. The average Bonchev–Trinajstić information content (AvgIpc) is 3.13. The number of anilines is 1. The quantitative estimate of drug-likeness (QED) is 0.740. The first-order chi connectivity index (χ1) is 11.1. The Hall–Kier alpha value is -2.22. The van der Waals surface area contributed by atoms with Gasteiger partial charge in [-0.05, 0) is 32.0 Å². The fourth-order valence-electron chi connectivity index (χ4n) is 3.18. The molecule has 1 aromatic heterocycles. The molecule has 8 heteroatoms. The highest BCUT2D eigenvalue weighted by Gasteiger charge is 2.30. The van der Waals surface area contributed by atoms with Crippen LogP contribution in [0, 0.1) is 0 Å². The summed E-state index contributed by atoms with van der Waals surface area (Å²) in [4.78, 5) is 28.8. The molecule has 2 saturated heterocycles. The normalized spacial score (nSPS) is 21.4. The monoisotopic (exact) mass is 318 g/mol. The number of hydrogen-bond acceptors (Lipinski definition) is 6. The lowest BCUT2D eigenvalue weighted by atomic mass is 10.2. The largest absolute Gasteiger partial charge is 0.351 e. The fourth-order valence-corrected chi connectivity index (χ4v) is 3.18. The number of nitrogens with zero attached hydrogens (tertiary/aromatic N) is 5. The van der Waals surface area contributed by atoms with Crippen LogP contribution in [0.25, 0.3) is 0 Å². The number of hydrogen-bond donors (Lipinski definition) is 1. The number of likely N-dealkylation sites (N-methyl/N-ethyl adjacent to an activating group) is 1. The zero-order valence-corrected chi connectivity index (χ0v) is 13.3. The van der Waals surface area contributed by atoms with Gasteiger partial charge in [-0.25, -0.2) is 4.79 Å². The van der Waals surface area contributed by atoms with E-state index in [0.29, 0.717) is 19.1 Å². The van der Waals surface area contributed by atoms with Crippen molar-refractivity contribution in [2.45, 2.75) is 18.9 Å². The Labute approximate surface area is 135 Å². The Morgan fingerprint density at radius 1 is 1.43 bits per heavy atom. The molecule has 23 heavy (non-hydrogen) atoms. The van der Waals surface area contributed by atoms with E-state index >= 15 is 0 Å². The second-order valence-corrected chi connectivity index (χ2v) is 6.04. The van der Waals surface area contributed by atoms with Crippen molar-refractivity contribution in [3.8, 4) is 0 Å². The van der Waals surface area contributed by atoms with Crippen LogP contribution in [0.2, 0.25) is 0 Å². The Kier molecular flexibility index (Phi) is 4.71. The van der Waals surface area contributed by atoms with Crippen LogP contribution < -0.4 is 10.2 Å². The molecule has 0 radical (unpaired) electrons. The van der Waals surface area contributed by atoms with Gasteiger partial charge >= 0.3 is 6.03 Å². The Balaban J connectivity index is 1.52. The number of carbonyl (C=O) groups is 2. The molecule has 2 fully saturated rings. The second-order valence-electron chi connectivity index (χ2n) is 6.04. The highest BCUT2D eigenvalue weighted by molar-refractivity contribution is 6.01. The first kappa shape index (κ1) is 15.7. The fraction of sp³-hybridized carbons (Fsp3) is 0.600. The number of imide groups is 1. The molecule has 0 unspecified atom stereocenters. The van der Waals surface area contributed by atoms with Gasteiger partial charge in [0, 0.05) is 38.4 Å². The van der Waals surface area contributed by atoms with E-state index in [0.717, 1.165) is 31.7 Å². The number of amides is 3. The van der Waals surface area contributed by atoms with E-state index in [2.05, 4.69) is 25.3 Å². The molecule has 0 spiro atoms. The van der Waals surface area contributed by atoms with Crippen LogP contribution in [0.15, 0.2) is 18.3 Å². The first-order valence-electron chi connectivity index (χ1n) is 7.96. The summed E-state index contributed by atoms with van der Waals surface area (Å²) in [5.41, 5.74) is 0. The molecule has 1 N–H and O–H groups in total. The number of carbonyl (C=O) groups excluding carboxylic acids is 2. The smallest absolute Gasteiger partial charge is 0.324 e. The molecule has 3 amide bonds. The van der Waals surface area contributed by atoms with E-state index < -0.39 is 0 Å². The Morgan fingerprint density at radius 3 is 3.00 bits per heavy atom. The third-order valence-electron chi connectivity index (χ3n) is 4.39. The van der Waals surface area contributed by atoms with Crippen LogP contribution in [0.3, 0.4) is 0 Å². The Bertz CT molecular complexity index is 550. The summed E-state index contributed by atoms with van der Waals surface area (Å²) in [6, 6.07) is 3.99. The third-order valence-corrected chi connectivity index (χ3v) is 4.39. The van der Waals surface area contributed by atoms with Gasteiger partial charge in [-0.1, -0.05) is 0 Å². The zero-order valence-electron chi connectivity index (χ0n) is 13.3. The van der Waals surface area contributed by atoms with Gasteiger partial charge in [0.15, 0.2) is 5.82 Å². The SMILES string of the molecule is CN(CCN1C(=O)CNC1=O)C[C@@H]1CCCN1c1cccnn1. The molecule has 8 nitrogen and oxygen atoms in total. The van der Waals surface area contributed by atoms with E-state index in [9.17, 15) is 9.59 Å². The van der Waals surface area contributed by atoms with Crippen molar-refractivity contribution >= 4 is 17.8 Å². The van der Waals surface area contributed by atoms with Crippen molar-refractivity contribution in [1.82, 2.24) is 25.3 Å². The van der Waals surface area contributed by atoms with Crippen LogP contribution in [-0.4, -0.2) is 77.7 Å². The maximum absolute atomic E-state index is 11.6. The second kappa shape index (κ2) is 6.91. The number of rotatable bonds is 6. The molecular formula is C15H22N6O2. The lowest BCUT2D eigenvalue weighted by molar-refractivity contribution is -0.125. The summed E-state index contributed by atoms with van der Waals surface area (Å²) in [6.45, 7) is 3.08. The van der Waals surface area contributed by atoms with Crippen LogP contribution in [0.4, 0.5) is 10.6 Å². The highest BCUT2D eigenvalue weighted by atomic mass is 16.2. The third kappa shape index (κ3) is 3.58. The molecule has 0 aromatic carbocycles. The van der Waals surface area contributed by atoms with Gasteiger partial charge in [0.05, 0.1) is 6.54 Å². The molecule has 2 aliphatic rings. The molecule has 1 aromatic rings. The van der Waals surface area contributed by atoms with Crippen molar-refractivity contribution < 1.29 is 9.59 Å². The standard InChI is InChI=1S/C15H22N6O2/c1-19(8-9-21-14(22)10-16-15(21)23)11-12-4-3-7-20(12)13-5-2-6-17-18-13/h2,5-6,12H,3-4,7-11H2,1H3,(H,16,23)/t12-/m0/s1. The molecule has 1 atom stereocenters. The van der Waals surface area contributed by atoms with Crippen molar-refractivity contribution in [2.24, 2.45) is 0 Å². The van der Waals surface area contributed by atoms with E-state index in [-0.39, 0.29) is 18.5 Å². The minimum Gasteiger partial charge on any atom is -0.351 e. The summed E-state index contributed by atoms with van der Waals surface area (Å²) in [5.74, 6) is 0.767. The molecule has 0 aliphatic carbocycles. The van der Waals surface area contributed by atoms with Crippen LogP contribution in [-0.2, 0) is 4.79 Å². The lowest BCUT2D eigenvalue weighted by Crippen LogP contribution is -2.43. The average molecular weight is 318 g/mol. The minimum atomic E-state index is -0.287. The predicted molar refractivity (Wildman–Crippen MR) is 85.0 cm³/mol. The van der Waals surface area contributed by atoms with Crippen LogP contribution in [0.1, 0.15) is 12.8 Å². The lowest BCUT2D eigenvalue weighted by Gasteiger charge is -2.29. The van der Waals surface area contributed by atoms with Gasteiger partial charge in [0.1, 0.15) is 0 Å². The summed E-state index contributed by atoms with van der Waals surface area (Å²) >= 11 is 0. The van der Waals surface area contributed by atoms with E-state index in [1.807, 2.05) is 19.2 Å². The van der Waals surface area contributed by atoms with Gasteiger partial charge in [-0.15, -0.1) is 5.10 Å². The maximum atomic E-state index is 11.6. The van der Waals surface area contributed by atoms with E-state index in [1.165, 1.54) is 4.90 Å². The summed E-state index contributed by atoms with van der Waals surface area (Å²) in [7, 11) is 2.02.